The molecule has 6 heteroatoms. The maximum Gasteiger partial charge on any atom is 0.191 e. The van der Waals surface area contributed by atoms with E-state index in [2.05, 4.69) is 29.5 Å². The van der Waals surface area contributed by atoms with Crippen LogP contribution in [0.2, 0.25) is 0 Å². The van der Waals surface area contributed by atoms with Crippen LogP contribution >= 0.6 is 0 Å². The van der Waals surface area contributed by atoms with Crippen molar-refractivity contribution in [1.82, 2.24) is 10.6 Å². The Balaban J connectivity index is 2.29. The summed E-state index contributed by atoms with van der Waals surface area (Å²) in [5.74, 6) is 2.38. The summed E-state index contributed by atoms with van der Waals surface area (Å²) in [6, 6.07) is 0. The van der Waals surface area contributed by atoms with E-state index in [1.165, 1.54) is 12.8 Å². The lowest BCUT2D eigenvalue weighted by atomic mass is 10.1. The van der Waals surface area contributed by atoms with Gasteiger partial charge in [-0.3, -0.25) is 4.99 Å². The third-order valence-corrected chi connectivity index (χ3v) is 5.52. The summed E-state index contributed by atoms with van der Waals surface area (Å²) in [5.41, 5.74) is 0. The molecule has 0 amide bonds. The first kappa shape index (κ1) is 18.3. The average molecular weight is 317 g/mol. The van der Waals surface area contributed by atoms with E-state index in [1.54, 1.807) is 0 Å². The number of aliphatic imine (C=N–C) groups is 1. The maximum atomic E-state index is 11.4. The summed E-state index contributed by atoms with van der Waals surface area (Å²) in [6.45, 7) is 8.86. The van der Waals surface area contributed by atoms with Gasteiger partial charge in [-0.1, -0.05) is 26.7 Å². The Morgan fingerprint density at radius 2 is 2.05 bits per heavy atom. The first-order valence-electron chi connectivity index (χ1n) is 8.15. The van der Waals surface area contributed by atoms with E-state index in [-0.39, 0.29) is 5.92 Å². The fourth-order valence-corrected chi connectivity index (χ4v) is 4.31. The number of hydrogen-bond donors (Lipinski definition) is 2. The number of nitrogens with zero attached hydrogens (tertiary/aromatic N) is 1. The van der Waals surface area contributed by atoms with E-state index in [0.717, 1.165) is 37.8 Å². The van der Waals surface area contributed by atoms with Crippen LogP contribution in [0.15, 0.2) is 4.99 Å². The van der Waals surface area contributed by atoms with Gasteiger partial charge < -0.3 is 10.6 Å². The molecule has 0 aliphatic carbocycles. The van der Waals surface area contributed by atoms with Gasteiger partial charge in [0.25, 0.3) is 0 Å². The van der Waals surface area contributed by atoms with Gasteiger partial charge in [-0.2, -0.15) is 0 Å². The number of guanidine groups is 1. The fraction of sp³-hybridized carbons (Fsp3) is 0.933. The predicted octanol–water partition coefficient (Wildman–Crippen LogP) is 1.80. The van der Waals surface area contributed by atoms with Gasteiger partial charge in [-0.15, -0.1) is 0 Å². The molecule has 1 unspecified atom stereocenters. The summed E-state index contributed by atoms with van der Waals surface area (Å²) in [6.07, 6.45) is 4.38. The van der Waals surface area contributed by atoms with Gasteiger partial charge in [-0.25, -0.2) is 8.42 Å². The topological polar surface area (TPSA) is 70.6 Å². The lowest BCUT2D eigenvalue weighted by molar-refractivity contribution is 0.534. The summed E-state index contributed by atoms with van der Waals surface area (Å²) < 4.78 is 22.9. The molecule has 0 aromatic rings. The van der Waals surface area contributed by atoms with Crippen molar-refractivity contribution in [3.8, 4) is 0 Å². The third-order valence-electron chi connectivity index (χ3n) is 3.68. The standard InChI is InChI=1S/C15H31N3O2S/c1-4-16-15(17-9-6-5-7-13(2)3)18-11-14-8-10-21(19,20)12-14/h13-14H,4-12H2,1-3H3,(H2,16,17,18). The summed E-state index contributed by atoms with van der Waals surface area (Å²) >= 11 is 0. The molecular formula is C15H31N3O2S. The van der Waals surface area contributed by atoms with Gasteiger partial charge in [0.1, 0.15) is 0 Å². The smallest absolute Gasteiger partial charge is 0.191 e. The molecule has 0 radical (unpaired) electrons. The Morgan fingerprint density at radius 1 is 1.29 bits per heavy atom. The van der Waals surface area contributed by atoms with Crippen LogP contribution in [0.5, 0.6) is 0 Å². The molecule has 0 aromatic carbocycles. The van der Waals surface area contributed by atoms with Crippen molar-refractivity contribution in [2.45, 2.75) is 46.5 Å². The molecule has 1 saturated heterocycles. The molecule has 1 aliphatic rings. The molecule has 1 atom stereocenters. The van der Waals surface area contributed by atoms with Crippen LogP contribution in [0, 0.1) is 11.8 Å². The summed E-state index contributed by atoms with van der Waals surface area (Å²) in [4.78, 5) is 4.52. The monoisotopic (exact) mass is 317 g/mol. The highest BCUT2D eigenvalue weighted by Gasteiger charge is 2.27. The minimum Gasteiger partial charge on any atom is -0.357 e. The number of unbranched alkanes of at least 4 members (excludes halogenated alkanes) is 1. The molecule has 1 rings (SSSR count). The molecule has 0 bridgehead atoms. The quantitative estimate of drug-likeness (QED) is 0.407. The molecular weight excluding hydrogens is 286 g/mol. The van der Waals surface area contributed by atoms with Crippen LogP contribution in [-0.2, 0) is 9.84 Å². The Kier molecular flexibility index (Phi) is 8.07. The molecule has 2 N–H and O–H groups in total. The Morgan fingerprint density at radius 3 is 2.62 bits per heavy atom. The zero-order chi connectivity index (χ0) is 15.7. The SMILES string of the molecule is CCNC(=NCC1CCS(=O)(=O)C1)NCCCCC(C)C. The lowest BCUT2D eigenvalue weighted by Crippen LogP contribution is -2.38. The maximum absolute atomic E-state index is 11.4. The number of sulfone groups is 1. The minimum absolute atomic E-state index is 0.186. The number of hydrogen-bond acceptors (Lipinski definition) is 3. The Bertz CT molecular complexity index is 419. The molecule has 0 saturated carbocycles. The Hall–Kier alpha value is -0.780. The summed E-state index contributed by atoms with van der Waals surface area (Å²) in [7, 11) is -2.80. The van der Waals surface area contributed by atoms with Gasteiger partial charge >= 0.3 is 0 Å². The van der Waals surface area contributed by atoms with Crippen molar-refractivity contribution in [2.75, 3.05) is 31.1 Å². The van der Waals surface area contributed by atoms with Crippen LogP contribution in [0.1, 0.15) is 46.5 Å². The molecule has 1 heterocycles. The van der Waals surface area contributed by atoms with E-state index in [0.29, 0.717) is 18.1 Å². The van der Waals surface area contributed by atoms with E-state index in [4.69, 9.17) is 0 Å². The van der Waals surface area contributed by atoms with E-state index in [9.17, 15) is 8.42 Å². The van der Waals surface area contributed by atoms with Gasteiger partial charge in [-0.05, 0) is 31.6 Å². The van der Waals surface area contributed by atoms with Crippen molar-refractivity contribution in [2.24, 2.45) is 16.8 Å². The molecule has 21 heavy (non-hydrogen) atoms. The molecule has 1 aliphatic heterocycles. The van der Waals surface area contributed by atoms with Gasteiger partial charge in [0.05, 0.1) is 11.5 Å². The van der Waals surface area contributed by atoms with Crippen LogP contribution in [-0.4, -0.2) is 45.5 Å². The molecule has 0 aromatic heterocycles. The third kappa shape index (κ3) is 8.29. The zero-order valence-corrected chi connectivity index (χ0v) is 14.5. The second kappa shape index (κ2) is 9.28. The highest BCUT2D eigenvalue weighted by atomic mass is 32.2. The van der Waals surface area contributed by atoms with Crippen LogP contribution < -0.4 is 10.6 Å². The van der Waals surface area contributed by atoms with Crippen molar-refractivity contribution in [3.63, 3.8) is 0 Å². The van der Waals surface area contributed by atoms with Crippen molar-refractivity contribution >= 4 is 15.8 Å². The van der Waals surface area contributed by atoms with E-state index >= 15 is 0 Å². The van der Waals surface area contributed by atoms with Crippen molar-refractivity contribution in [3.05, 3.63) is 0 Å². The number of rotatable bonds is 8. The highest BCUT2D eigenvalue weighted by Crippen LogP contribution is 2.18. The van der Waals surface area contributed by atoms with Gasteiger partial charge in [0, 0.05) is 19.6 Å². The molecule has 1 fully saturated rings. The molecule has 0 spiro atoms. The fourth-order valence-electron chi connectivity index (χ4n) is 2.46. The average Bonchev–Trinajstić information content (AvgIpc) is 2.74. The highest BCUT2D eigenvalue weighted by molar-refractivity contribution is 7.91. The molecule has 5 nitrogen and oxygen atoms in total. The second-order valence-corrected chi connectivity index (χ2v) is 8.53. The van der Waals surface area contributed by atoms with Crippen molar-refractivity contribution < 1.29 is 8.42 Å². The minimum atomic E-state index is -2.80. The zero-order valence-electron chi connectivity index (χ0n) is 13.7. The first-order chi connectivity index (χ1) is 9.93. The van der Waals surface area contributed by atoms with E-state index in [1.807, 2.05) is 6.92 Å². The van der Waals surface area contributed by atoms with Crippen LogP contribution in [0.25, 0.3) is 0 Å². The van der Waals surface area contributed by atoms with E-state index < -0.39 is 9.84 Å². The molecule has 124 valence electrons. The second-order valence-electron chi connectivity index (χ2n) is 6.31. The van der Waals surface area contributed by atoms with Gasteiger partial charge in [0.2, 0.25) is 0 Å². The normalized spacial score (nSPS) is 21.7. The summed E-state index contributed by atoms with van der Waals surface area (Å²) in [5, 5.41) is 6.54. The lowest BCUT2D eigenvalue weighted by Gasteiger charge is -2.12. The van der Waals surface area contributed by atoms with Crippen LogP contribution in [0.4, 0.5) is 0 Å². The van der Waals surface area contributed by atoms with Gasteiger partial charge in [0.15, 0.2) is 15.8 Å². The Labute approximate surface area is 129 Å². The number of nitrogens with one attached hydrogen (secondary N) is 2. The predicted molar refractivity (Wildman–Crippen MR) is 89.4 cm³/mol. The first-order valence-corrected chi connectivity index (χ1v) is 9.97. The van der Waals surface area contributed by atoms with Crippen molar-refractivity contribution in [1.29, 1.82) is 0 Å². The van der Waals surface area contributed by atoms with Crippen LogP contribution in [0.3, 0.4) is 0 Å². The largest absolute Gasteiger partial charge is 0.357 e.